The van der Waals surface area contributed by atoms with E-state index < -0.39 is 20.0 Å². The van der Waals surface area contributed by atoms with Crippen LogP contribution in [-0.2, 0) is 18.4 Å². The number of likely N-dealkylation sites (N-methyl/N-ethyl adjacent to an activating group) is 1. The Morgan fingerprint density at radius 3 is 1.51 bits per heavy atom. The molecule has 9 heteroatoms. The first kappa shape index (κ1) is 52.0. The molecular formula is C44H88N2O6P+. The molecule has 0 fully saturated rings. The van der Waals surface area contributed by atoms with Crippen molar-refractivity contribution in [2.24, 2.45) is 0 Å². The number of allylic oxidation sites excluding steroid dienone is 3. The van der Waals surface area contributed by atoms with Crippen molar-refractivity contribution in [3.63, 3.8) is 0 Å². The van der Waals surface area contributed by atoms with E-state index in [-0.39, 0.29) is 19.1 Å². The summed E-state index contributed by atoms with van der Waals surface area (Å²) in [6.45, 7) is 4.76. The molecule has 0 saturated heterocycles. The third-order valence-corrected chi connectivity index (χ3v) is 10.9. The van der Waals surface area contributed by atoms with E-state index in [2.05, 4.69) is 31.3 Å². The van der Waals surface area contributed by atoms with Crippen LogP contribution < -0.4 is 5.32 Å². The number of quaternary nitrogens is 1. The van der Waals surface area contributed by atoms with Crippen LogP contribution >= 0.6 is 7.82 Å². The van der Waals surface area contributed by atoms with E-state index in [0.29, 0.717) is 17.4 Å². The van der Waals surface area contributed by atoms with Gasteiger partial charge >= 0.3 is 7.82 Å². The third kappa shape index (κ3) is 39.0. The van der Waals surface area contributed by atoms with Crippen molar-refractivity contribution in [2.75, 3.05) is 40.9 Å². The van der Waals surface area contributed by atoms with Crippen LogP contribution in [0.4, 0.5) is 0 Å². The van der Waals surface area contributed by atoms with Gasteiger partial charge in [0, 0.05) is 6.42 Å². The van der Waals surface area contributed by atoms with Crippen LogP contribution in [0.25, 0.3) is 0 Å². The predicted molar refractivity (Wildman–Crippen MR) is 226 cm³/mol. The lowest BCUT2D eigenvalue weighted by Crippen LogP contribution is -2.45. The number of rotatable bonds is 40. The van der Waals surface area contributed by atoms with Crippen molar-refractivity contribution >= 4 is 13.7 Å². The van der Waals surface area contributed by atoms with Crippen molar-refractivity contribution in [1.29, 1.82) is 0 Å². The molecule has 0 heterocycles. The molecule has 1 amide bonds. The fourth-order valence-corrected chi connectivity index (χ4v) is 7.09. The van der Waals surface area contributed by atoms with Gasteiger partial charge in [-0.25, -0.2) is 4.57 Å². The summed E-state index contributed by atoms with van der Waals surface area (Å²) in [4.78, 5) is 23.0. The lowest BCUT2D eigenvalue weighted by molar-refractivity contribution is -0.870. The van der Waals surface area contributed by atoms with Crippen LogP contribution in [0.3, 0.4) is 0 Å². The smallest absolute Gasteiger partial charge is 0.387 e. The second kappa shape index (κ2) is 36.6. The summed E-state index contributed by atoms with van der Waals surface area (Å²) in [5.74, 6) is -0.186. The summed E-state index contributed by atoms with van der Waals surface area (Å²) in [7, 11) is 1.56. The molecule has 314 valence electrons. The molecule has 0 aromatic rings. The molecule has 0 aliphatic heterocycles. The molecule has 0 spiro atoms. The number of amides is 1. The third-order valence-electron chi connectivity index (χ3n) is 9.92. The molecule has 3 N–H and O–H groups in total. The Labute approximate surface area is 328 Å². The van der Waals surface area contributed by atoms with Gasteiger partial charge in [0.1, 0.15) is 13.2 Å². The van der Waals surface area contributed by atoms with Gasteiger partial charge in [-0.05, 0) is 32.1 Å². The fourth-order valence-electron chi connectivity index (χ4n) is 6.35. The molecule has 8 nitrogen and oxygen atoms in total. The average molecular weight is 772 g/mol. The lowest BCUT2D eigenvalue weighted by atomic mass is 10.0. The number of hydrogen-bond acceptors (Lipinski definition) is 5. The highest BCUT2D eigenvalue weighted by molar-refractivity contribution is 7.47. The van der Waals surface area contributed by atoms with Crippen LogP contribution in [0, 0.1) is 0 Å². The number of phosphoric ester groups is 1. The van der Waals surface area contributed by atoms with Gasteiger partial charge in [0.05, 0.1) is 39.9 Å². The first-order chi connectivity index (χ1) is 25.5. The Kier molecular flexibility index (Phi) is 35.9. The maximum Gasteiger partial charge on any atom is 0.472 e. The Balaban J connectivity index is 4.27. The van der Waals surface area contributed by atoms with Crippen LogP contribution in [0.1, 0.15) is 200 Å². The van der Waals surface area contributed by atoms with E-state index in [0.717, 1.165) is 38.5 Å². The molecule has 0 aliphatic rings. The second-order valence-electron chi connectivity index (χ2n) is 16.4. The highest BCUT2D eigenvalue weighted by Crippen LogP contribution is 2.43. The van der Waals surface area contributed by atoms with Crippen molar-refractivity contribution < 1.29 is 32.9 Å². The minimum atomic E-state index is -4.34. The van der Waals surface area contributed by atoms with Crippen molar-refractivity contribution in [3.05, 3.63) is 24.3 Å². The molecular weight excluding hydrogens is 683 g/mol. The predicted octanol–water partition coefficient (Wildman–Crippen LogP) is 12.1. The number of hydrogen-bond donors (Lipinski definition) is 3. The highest BCUT2D eigenvalue weighted by atomic mass is 31.2. The molecule has 53 heavy (non-hydrogen) atoms. The van der Waals surface area contributed by atoms with Gasteiger partial charge in [0.25, 0.3) is 0 Å². The van der Waals surface area contributed by atoms with Crippen molar-refractivity contribution in [3.8, 4) is 0 Å². The number of nitrogens with one attached hydrogen (secondary N) is 1. The van der Waals surface area contributed by atoms with Crippen LogP contribution in [-0.4, -0.2) is 73.4 Å². The number of nitrogens with zero attached hydrogens (tertiary/aromatic N) is 1. The number of phosphoric acid groups is 1. The molecule has 0 aliphatic carbocycles. The quantitative estimate of drug-likeness (QED) is 0.0248. The van der Waals surface area contributed by atoms with E-state index in [1.807, 2.05) is 27.2 Å². The first-order valence-electron chi connectivity index (χ1n) is 22.2. The molecule has 0 bridgehead atoms. The first-order valence-corrected chi connectivity index (χ1v) is 23.7. The van der Waals surface area contributed by atoms with Gasteiger partial charge in [0.2, 0.25) is 5.91 Å². The normalized spacial score (nSPS) is 14.6. The van der Waals surface area contributed by atoms with Crippen molar-refractivity contribution in [2.45, 2.75) is 212 Å². The zero-order valence-corrected chi connectivity index (χ0v) is 36.4. The summed E-state index contributed by atoms with van der Waals surface area (Å²) in [5.41, 5.74) is 0. The van der Waals surface area contributed by atoms with E-state index >= 15 is 0 Å². The van der Waals surface area contributed by atoms with E-state index in [1.54, 1.807) is 6.08 Å². The van der Waals surface area contributed by atoms with Crippen LogP contribution in [0.5, 0.6) is 0 Å². The Bertz CT molecular complexity index is 922. The summed E-state index contributed by atoms with van der Waals surface area (Å²) >= 11 is 0. The molecule has 0 rings (SSSR count). The minimum absolute atomic E-state index is 0.0579. The Hall–Kier alpha value is -1.02. The molecule has 3 unspecified atom stereocenters. The van der Waals surface area contributed by atoms with Gasteiger partial charge in [0.15, 0.2) is 0 Å². The number of unbranched alkanes of at least 4 members (excludes halogenated alkanes) is 25. The van der Waals surface area contributed by atoms with E-state index in [1.165, 1.54) is 141 Å². The molecule has 0 saturated carbocycles. The molecule has 3 atom stereocenters. The Morgan fingerprint density at radius 2 is 1.04 bits per heavy atom. The minimum Gasteiger partial charge on any atom is -0.387 e. The van der Waals surface area contributed by atoms with Gasteiger partial charge in [-0.15, -0.1) is 0 Å². The average Bonchev–Trinajstić information content (AvgIpc) is 3.10. The van der Waals surface area contributed by atoms with E-state index in [9.17, 15) is 19.4 Å². The SMILES string of the molecule is CCCCCC/C=C/CC/C=C/C(O)C(COP(=O)(O)OCC[N+](C)(C)C)NC(=O)CCCCCCCCCCCCCCCCCCCCCCC. The maximum absolute atomic E-state index is 12.8. The van der Waals surface area contributed by atoms with Gasteiger partial charge < -0.3 is 19.8 Å². The number of carbonyl (C=O) groups is 1. The molecule has 0 radical (unpaired) electrons. The fraction of sp³-hybridized carbons (Fsp3) is 0.886. The second-order valence-corrected chi connectivity index (χ2v) is 17.9. The Morgan fingerprint density at radius 1 is 0.623 bits per heavy atom. The molecule has 0 aromatic carbocycles. The monoisotopic (exact) mass is 772 g/mol. The van der Waals surface area contributed by atoms with Gasteiger partial charge in [-0.1, -0.05) is 186 Å². The summed E-state index contributed by atoms with van der Waals surface area (Å²) in [6.07, 6.45) is 42.6. The summed E-state index contributed by atoms with van der Waals surface area (Å²) in [6, 6.07) is -0.856. The topological polar surface area (TPSA) is 105 Å². The van der Waals surface area contributed by atoms with Crippen LogP contribution in [0.2, 0.25) is 0 Å². The largest absolute Gasteiger partial charge is 0.472 e. The van der Waals surface area contributed by atoms with Gasteiger partial charge in [-0.2, -0.15) is 0 Å². The molecule has 0 aromatic heterocycles. The number of carbonyl (C=O) groups excluding carboxylic acids is 1. The zero-order valence-electron chi connectivity index (χ0n) is 35.5. The standard InChI is InChI=1S/C44H87N2O6P/c1-6-8-10-12-14-16-18-19-20-21-22-23-24-25-26-27-28-30-32-34-36-38-44(48)45-42(41-52-53(49,50)51-40-39-46(3,4)5)43(47)37-35-33-31-29-17-15-13-11-9-7-2/h17,29,35,37,42-43,47H,6-16,18-28,30-34,36,38-41H2,1-5H3,(H-,45,48,49,50)/p+1/b29-17+,37-35+. The van der Waals surface area contributed by atoms with Crippen molar-refractivity contribution in [1.82, 2.24) is 5.32 Å². The summed E-state index contributed by atoms with van der Waals surface area (Å²) < 4.78 is 23.5. The summed E-state index contributed by atoms with van der Waals surface area (Å²) in [5, 5.41) is 13.7. The van der Waals surface area contributed by atoms with E-state index in [4.69, 9.17) is 9.05 Å². The zero-order chi connectivity index (χ0) is 39.3. The highest BCUT2D eigenvalue weighted by Gasteiger charge is 2.27. The number of aliphatic hydroxyl groups is 1. The lowest BCUT2D eigenvalue weighted by Gasteiger charge is -2.25. The number of aliphatic hydroxyl groups excluding tert-OH is 1. The van der Waals surface area contributed by atoms with Gasteiger partial charge in [-0.3, -0.25) is 13.8 Å². The maximum atomic E-state index is 12.8. The van der Waals surface area contributed by atoms with Crippen LogP contribution in [0.15, 0.2) is 24.3 Å².